The Morgan fingerprint density at radius 3 is 2.57 bits per heavy atom. The molecular weight excluding hydrogens is 325 g/mol. The fourth-order valence-electron chi connectivity index (χ4n) is 2.67. The lowest BCUT2D eigenvalue weighted by Crippen LogP contribution is -2.03. The standard InChI is InChI=1S/C19H14FNS2/c20-14-9-7-13(8-10-14)19-12-16(17-6-3-11-22-17)21-15-4-1-2-5-18(15)23-19/h1-11,19H,12H2. The van der Waals surface area contributed by atoms with Crippen molar-refractivity contribution in [1.29, 1.82) is 0 Å². The molecule has 0 bridgehead atoms. The van der Waals surface area contributed by atoms with Gasteiger partial charge >= 0.3 is 0 Å². The summed E-state index contributed by atoms with van der Waals surface area (Å²) >= 11 is 3.52. The normalized spacial score (nSPS) is 17.3. The summed E-state index contributed by atoms with van der Waals surface area (Å²) in [6.07, 6.45) is 0.839. The third-order valence-electron chi connectivity index (χ3n) is 3.82. The number of halogens is 1. The van der Waals surface area contributed by atoms with Crippen molar-refractivity contribution < 1.29 is 4.39 Å². The summed E-state index contributed by atoms with van der Waals surface area (Å²) in [7, 11) is 0. The number of rotatable bonds is 2. The van der Waals surface area contributed by atoms with Crippen LogP contribution in [0, 0.1) is 5.82 Å². The van der Waals surface area contributed by atoms with Crippen LogP contribution in [0.5, 0.6) is 0 Å². The quantitative estimate of drug-likeness (QED) is 0.538. The van der Waals surface area contributed by atoms with Crippen molar-refractivity contribution >= 4 is 34.5 Å². The predicted molar refractivity (Wildman–Crippen MR) is 96.6 cm³/mol. The Balaban J connectivity index is 1.78. The molecule has 1 aliphatic heterocycles. The lowest BCUT2D eigenvalue weighted by molar-refractivity contribution is 0.627. The highest BCUT2D eigenvalue weighted by Gasteiger charge is 2.22. The molecule has 1 unspecified atom stereocenters. The first kappa shape index (κ1) is 14.7. The Hall–Kier alpha value is -1.91. The van der Waals surface area contributed by atoms with E-state index in [0.29, 0.717) is 0 Å². The Morgan fingerprint density at radius 1 is 0.957 bits per heavy atom. The maximum atomic E-state index is 13.2. The van der Waals surface area contributed by atoms with Gasteiger partial charge in [0.2, 0.25) is 0 Å². The van der Waals surface area contributed by atoms with Crippen LogP contribution in [0.25, 0.3) is 0 Å². The molecule has 0 N–H and O–H groups in total. The zero-order valence-corrected chi connectivity index (χ0v) is 13.9. The van der Waals surface area contributed by atoms with Crippen molar-refractivity contribution in [3.63, 3.8) is 0 Å². The van der Waals surface area contributed by atoms with Gasteiger partial charge in [0.05, 0.1) is 11.4 Å². The summed E-state index contributed by atoms with van der Waals surface area (Å²) in [5.74, 6) is -0.195. The first-order valence-corrected chi connectivity index (χ1v) is 9.18. The summed E-state index contributed by atoms with van der Waals surface area (Å²) in [4.78, 5) is 7.28. The van der Waals surface area contributed by atoms with E-state index in [1.54, 1.807) is 23.1 Å². The van der Waals surface area contributed by atoms with E-state index in [9.17, 15) is 4.39 Å². The van der Waals surface area contributed by atoms with Crippen LogP contribution in [-0.2, 0) is 0 Å². The van der Waals surface area contributed by atoms with Crippen LogP contribution in [-0.4, -0.2) is 5.71 Å². The van der Waals surface area contributed by atoms with Gasteiger partial charge in [-0.1, -0.05) is 30.3 Å². The maximum Gasteiger partial charge on any atom is 0.123 e. The maximum absolute atomic E-state index is 13.2. The number of nitrogens with zero attached hydrogens (tertiary/aromatic N) is 1. The SMILES string of the molecule is Fc1ccc(C2CC(c3cccs3)=Nc3ccccc3S2)cc1. The highest BCUT2D eigenvalue weighted by Crippen LogP contribution is 2.45. The van der Waals surface area contributed by atoms with E-state index in [0.717, 1.165) is 23.4 Å². The summed E-state index contributed by atoms with van der Waals surface area (Å²) < 4.78 is 13.2. The van der Waals surface area contributed by atoms with E-state index in [2.05, 4.69) is 29.6 Å². The second-order valence-electron chi connectivity index (χ2n) is 5.37. The fourth-order valence-corrected chi connectivity index (χ4v) is 4.63. The highest BCUT2D eigenvalue weighted by atomic mass is 32.2. The van der Waals surface area contributed by atoms with Crippen LogP contribution in [0.15, 0.2) is 75.9 Å². The number of hydrogen-bond acceptors (Lipinski definition) is 3. The van der Waals surface area contributed by atoms with Gasteiger partial charge in [0.1, 0.15) is 5.82 Å². The number of fused-ring (bicyclic) bond motifs is 1. The van der Waals surface area contributed by atoms with Gasteiger partial charge in [-0.2, -0.15) is 0 Å². The zero-order valence-electron chi connectivity index (χ0n) is 12.3. The molecular formula is C19H14FNS2. The van der Waals surface area contributed by atoms with E-state index in [4.69, 9.17) is 4.99 Å². The molecule has 0 saturated carbocycles. The number of aliphatic imine (C=N–C) groups is 1. The molecule has 4 heteroatoms. The number of para-hydroxylation sites is 1. The van der Waals surface area contributed by atoms with Crippen molar-refractivity contribution in [3.8, 4) is 0 Å². The van der Waals surface area contributed by atoms with E-state index in [1.165, 1.54) is 21.9 Å². The second kappa shape index (κ2) is 6.30. The van der Waals surface area contributed by atoms with Crippen molar-refractivity contribution in [2.24, 2.45) is 4.99 Å². The fraction of sp³-hybridized carbons (Fsp3) is 0.105. The Bertz CT molecular complexity index is 838. The minimum Gasteiger partial charge on any atom is -0.251 e. The Morgan fingerprint density at radius 2 is 1.78 bits per heavy atom. The van der Waals surface area contributed by atoms with Gasteiger partial charge in [0.25, 0.3) is 0 Å². The van der Waals surface area contributed by atoms with Crippen LogP contribution >= 0.6 is 23.1 Å². The summed E-state index contributed by atoms with van der Waals surface area (Å²) in [5, 5.41) is 2.31. The van der Waals surface area contributed by atoms with Gasteiger partial charge in [0.15, 0.2) is 0 Å². The Kier molecular flexibility index (Phi) is 4.02. The number of thioether (sulfide) groups is 1. The molecule has 23 heavy (non-hydrogen) atoms. The molecule has 4 rings (SSSR count). The van der Waals surface area contributed by atoms with Crippen LogP contribution in [0.3, 0.4) is 0 Å². The van der Waals surface area contributed by atoms with Gasteiger partial charge in [-0.25, -0.2) is 4.39 Å². The third-order valence-corrected chi connectivity index (χ3v) is 6.06. The van der Waals surface area contributed by atoms with Crippen LogP contribution in [0.4, 0.5) is 10.1 Å². The molecule has 1 atom stereocenters. The molecule has 2 heterocycles. The van der Waals surface area contributed by atoms with Gasteiger partial charge in [-0.3, -0.25) is 4.99 Å². The van der Waals surface area contributed by atoms with E-state index in [1.807, 2.05) is 24.3 Å². The molecule has 0 saturated heterocycles. The molecule has 1 nitrogen and oxygen atoms in total. The molecule has 0 spiro atoms. The van der Waals surface area contributed by atoms with Crippen molar-refractivity contribution in [2.75, 3.05) is 0 Å². The lowest BCUT2D eigenvalue weighted by Gasteiger charge is -2.15. The molecule has 3 aromatic rings. The average molecular weight is 339 g/mol. The smallest absolute Gasteiger partial charge is 0.123 e. The molecule has 0 fully saturated rings. The molecule has 0 amide bonds. The first-order valence-electron chi connectivity index (χ1n) is 7.42. The molecule has 0 radical (unpaired) electrons. The molecule has 0 aliphatic carbocycles. The Labute approximate surface area is 142 Å². The van der Waals surface area contributed by atoms with Crippen LogP contribution in [0.1, 0.15) is 22.1 Å². The van der Waals surface area contributed by atoms with Gasteiger partial charge in [0, 0.05) is 21.4 Å². The van der Waals surface area contributed by atoms with E-state index < -0.39 is 0 Å². The second-order valence-corrected chi connectivity index (χ2v) is 7.56. The van der Waals surface area contributed by atoms with Gasteiger partial charge in [-0.05, 0) is 41.3 Å². The third kappa shape index (κ3) is 3.09. The number of benzene rings is 2. The first-order chi connectivity index (χ1) is 11.3. The van der Waals surface area contributed by atoms with Gasteiger partial charge in [-0.15, -0.1) is 23.1 Å². The van der Waals surface area contributed by atoms with Crippen molar-refractivity contribution in [2.45, 2.75) is 16.6 Å². The minimum atomic E-state index is -0.195. The monoisotopic (exact) mass is 339 g/mol. The minimum absolute atomic E-state index is 0.195. The predicted octanol–water partition coefficient (Wildman–Crippen LogP) is 6.25. The lowest BCUT2D eigenvalue weighted by atomic mass is 10.1. The van der Waals surface area contributed by atoms with Crippen LogP contribution < -0.4 is 0 Å². The summed E-state index contributed by atoms with van der Waals surface area (Å²) in [6.45, 7) is 0. The molecule has 1 aromatic heterocycles. The summed E-state index contributed by atoms with van der Waals surface area (Å²) in [5.41, 5.74) is 3.26. The zero-order chi connectivity index (χ0) is 15.6. The largest absolute Gasteiger partial charge is 0.251 e. The van der Waals surface area contributed by atoms with E-state index in [-0.39, 0.29) is 11.1 Å². The molecule has 114 valence electrons. The molecule has 1 aliphatic rings. The van der Waals surface area contributed by atoms with Crippen molar-refractivity contribution in [3.05, 3.63) is 82.3 Å². The number of thiophene rings is 1. The van der Waals surface area contributed by atoms with Crippen LogP contribution in [0.2, 0.25) is 0 Å². The number of hydrogen-bond donors (Lipinski definition) is 0. The van der Waals surface area contributed by atoms with Crippen molar-refractivity contribution in [1.82, 2.24) is 0 Å². The van der Waals surface area contributed by atoms with E-state index >= 15 is 0 Å². The molecule has 2 aromatic carbocycles. The topological polar surface area (TPSA) is 12.4 Å². The van der Waals surface area contributed by atoms with Gasteiger partial charge < -0.3 is 0 Å². The summed E-state index contributed by atoms with van der Waals surface area (Å²) in [6, 6.07) is 19.2. The highest BCUT2D eigenvalue weighted by molar-refractivity contribution is 7.99. The average Bonchev–Trinajstić information content (AvgIpc) is 3.03.